The summed E-state index contributed by atoms with van der Waals surface area (Å²) >= 11 is 1.31. The number of carbonyl (C=O) groups is 2. The summed E-state index contributed by atoms with van der Waals surface area (Å²) in [6.07, 6.45) is 0.737. The van der Waals surface area contributed by atoms with Gasteiger partial charge < -0.3 is 0 Å². The molecule has 0 aromatic heterocycles. The van der Waals surface area contributed by atoms with Gasteiger partial charge in [0, 0.05) is 11.2 Å². The monoisotopic (exact) mass is 186 g/mol. The maximum atomic E-state index is 11.5. The van der Waals surface area contributed by atoms with Gasteiger partial charge in [0.2, 0.25) is 0 Å². The van der Waals surface area contributed by atoms with Gasteiger partial charge in [-0.1, -0.05) is 32.5 Å². The summed E-state index contributed by atoms with van der Waals surface area (Å²) in [6.45, 7) is 5.70. The maximum absolute atomic E-state index is 11.5. The number of hydrogen-bond acceptors (Lipinski definition) is 3. The summed E-state index contributed by atoms with van der Waals surface area (Å²) in [6, 6.07) is 0. The van der Waals surface area contributed by atoms with Gasteiger partial charge in [0.05, 0.1) is 5.92 Å². The van der Waals surface area contributed by atoms with Gasteiger partial charge in [0.1, 0.15) is 5.78 Å². The molecule has 1 aliphatic heterocycles. The smallest absolute Gasteiger partial charge is 0.199 e. The van der Waals surface area contributed by atoms with E-state index < -0.39 is 0 Å². The van der Waals surface area contributed by atoms with Crippen LogP contribution in [-0.4, -0.2) is 16.1 Å². The molecule has 12 heavy (non-hydrogen) atoms. The fourth-order valence-electron chi connectivity index (χ4n) is 1.39. The standard InChI is InChI=1S/C9H14O2S/c1-5(2)8(10)7-4-6(3)12-9(7)11/h5-7H,4H2,1-3H3. The Bertz CT molecular complexity index is 211. The number of hydrogen-bond donors (Lipinski definition) is 0. The highest BCUT2D eigenvalue weighted by Crippen LogP contribution is 2.34. The number of thioether (sulfide) groups is 1. The molecule has 1 saturated heterocycles. The van der Waals surface area contributed by atoms with E-state index in [1.165, 1.54) is 11.8 Å². The van der Waals surface area contributed by atoms with E-state index >= 15 is 0 Å². The molecule has 0 aromatic rings. The summed E-state index contributed by atoms with van der Waals surface area (Å²) in [7, 11) is 0. The summed E-state index contributed by atoms with van der Waals surface area (Å²) < 4.78 is 0. The summed E-state index contributed by atoms with van der Waals surface area (Å²) in [4.78, 5) is 22.7. The minimum Gasteiger partial charge on any atom is -0.299 e. The van der Waals surface area contributed by atoms with E-state index in [2.05, 4.69) is 0 Å². The topological polar surface area (TPSA) is 34.1 Å². The van der Waals surface area contributed by atoms with Gasteiger partial charge in [-0.25, -0.2) is 0 Å². The van der Waals surface area contributed by atoms with Crippen LogP contribution in [0.5, 0.6) is 0 Å². The zero-order valence-corrected chi connectivity index (χ0v) is 8.48. The zero-order valence-electron chi connectivity index (χ0n) is 7.66. The molecule has 2 atom stereocenters. The quantitative estimate of drug-likeness (QED) is 0.617. The lowest BCUT2D eigenvalue weighted by Gasteiger charge is -2.08. The molecule has 3 heteroatoms. The molecule has 0 amide bonds. The Balaban J connectivity index is 2.64. The molecule has 2 nitrogen and oxygen atoms in total. The molecule has 1 aliphatic rings. The minimum atomic E-state index is -0.315. The van der Waals surface area contributed by atoms with Crippen LogP contribution in [0.25, 0.3) is 0 Å². The van der Waals surface area contributed by atoms with Gasteiger partial charge in [0.25, 0.3) is 0 Å². The first-order valence-corrected chi connectivity index (χ1v) is 5.14. The van der Waals surface area contributed by atoms with Crippen molar-refractivity contribution in [3.05, 3.63) is 0 Å². The third-order valence-corrected chi connectivity index (χ3v) is 3.19. The first-order chi connectivity index (χ1) is 5.52. The third-order valence-electron chi connectivity index (χ3n) is 2.08. The van der Waals surface area contributed by atoms with Gasteiger partial charge >= 0.3 is 0 Å². The normalized spacial score (nSPS) is 29.8. The van der Waals surface area contributed by atoms with Gasteiger partial charge in [-0.3, -0.25) is 9.59 Å². The molecular formula is C9H14O2S. The lowest BCUT2D eigenvalue weighted by Crippen LogP contribution is -2.22. The van der Waals surface area contributed by atoms with Crippen molar-refractivity contribution in [3.63, 3.8) is 0 Å². The van der Waals surface area contributed by atoms with Crippen molar-refractivity contribution in [1.82, 2.24) is 0 Å². The van der Waals surface area contributed by atoms with Gasteiger partial charge in [-0.05, 0) is 6.42 Å². The molecule has 0 N–H and O–H groups in total. The average Bonchev–Trinajstić information content (AvgIpc) is 2.28. The largest absolute Gasteiger partial charge is 0.299 e. The first-order valence-electron chi connectivity index (χ1n) is 4.26. The fourth-order valence-corrected chi connectivity index (χ4v) is 2.45. The maximum Gasteiger partial charge on any atom is 0.199 e. The minimum absolute atomic E-state index is 0.00940. The van der Waals surface area contributed by atoms with E-state index in [1.807, 2.05) is 20.8 Å². The van der Waals surface area contributed by atoms with Crippen molar-refractivity contribution in [2.45, 2.75) is 32.4 Å². The molecule has 0 aliphatic carbocycles. The molecule has 1 heterocycles. The molecule has 0 bridgehead atoms. The molecular weight excluding hydrogens is 172 g/mol. The van der Waals surface area contributed by atoms with Crippen molar-refractivity contribution in [2.75, 3.05) is 0 Å². The van der Waals surface area contributed by atoms with Crippen LogP contribution in [0.4, 0.5) is 0 Å². The van der Waals surface area contributed by atoms with Gasteiger partial charge in [0.15, 0.2) is 5.12 Å². The lowest BCUT2D eigenvalue weighted by molar-refractivity contribution is -0.130. The van der Waals surface area contributed by atoms with Gasteiger partial charge in [-0.15, -0.1) is 0 Å². The summed E-state index contributed by atoms with van der Waals surface area (Å²) in [5, 5.41) is 0.395. The predicted octanol–water partition coefficient (Wildman–Crippen LogP) is 1.88. The van der Waals surface area contributed by atoms with E-state index in [9.17, 15) is 9.59 Å². The second kappa shape index (κ2) is 3.60. The van der Waals surface area contributed by atoms with E-state index in [-0.39, 0.29) is 22.7 Å². The highest BCUT2D eigenvalue weighted by Gasteiger charge is 2.36. The third kappa shape index (κ3) is 1.89. The van der Waals surface area contributed by atoms with E-state index in [1.54, 1.807) is 0 Å². The molecule has 1 rings (SSSR count). The Labute approximate surface area is 77.1 Å². The van der Waals surface area contributed by atoms with Crippen molar-refractivity contribution in [3.8, 4) is 0 Å². The van der Waals surface area contributed by atoms with Crippen LogP contribution in [0.15, 0.2) is 0 Å². The van der Waals surface area contributed by atoms with Crippen LogP contribution in [0.2, 0.25) is 0 Å². The molecule has 0 saturated carbocycles. The summed E-state index contributed by atoms with van der Waals surface area (Å²) in [5.41, 5.74) is 0. The van der Waals surface area contributed by atoms with E-state index in [4.69, 9.17) is 0 Å². The number of ketones is 1. The van der Waals surface area contributed by atoms with E-state index in [0.717, 1.165) is 6.42 Å². The second-order valence-corrected chi connectivity index (χ2v) is 5.04. The van der Waals surface area contributed by atoms with Gasteiger partial charge in [-0.2, -0.15) is 0 Å². The van der Waals surface area contributed by atoms with Crippen LogP contribution >= 0.6 is 11.8 Å². The van der Waals surface area contributed by atoms with Crippen molar-refractivity contribution >= 4 is 22.7 Å². The summed E-state index contributed by atoms with van der Waals surface area (Å²) in [5.74, 6) is -0.216. The molecule has 2 unspecified atom stereocenters. The highest BCUT2D eigenvalue weighted by atomic mass is 32.2. The Morgan fingerprint density at radius 3 is 2.50 bits per heavy atom. The van der Waals surface area contributed by atoms with Crippen LogP contribution < -0.4 is 0 Å². The van der Waals surface area contributed by atoms with Crippen LogP contribution in [-0.2, 0) is 9.59 Å². The van der Waals surface area contributed by atoms with Crippen LogP contribution in [0.1, 0.15) is 27.2 Å². The molecule has 0 aromatic carbocycles. The lowest BCUT2D eigenvalue weighted by atomic mass is 9.93. The Morgan fingerprint density at radius 2 is 2.17 bits per heavy atom. The molecule has 1 fully saturated rings. The number of carbonyl (C=O) groups excluding carboxylic acids is 2. The second-order valence-electron chi connectivity index (χ2n) is 3.59. The zero-order chi connectivity index (χ0) is 9.30. The Morgan fingerprint density at radius 1 is 1.58 bits per heavy atom. The Kier molecular flexibility index (Phi) is 2.94. The van der Waals surface area contributed by atoms with E-state index in [0.29, 0.717) is 5.25 Å². The van der Waals surface area contributed by atoms with Crippen molar-refractivity contribution in [2.24, 2.45) is 11.8 Å². The number of rotatable bonds is 2. The van der Waals surface area contributed by atoms with Crippen molar-refractivity contribution in [1.29, 1.82) is 0 Å². The Hall–Kier alpha value is -0.310. The molecule has 68 valence electrons. The van der Waals surface area contributed by atoms with Crippen LogP contribution in [0, 0.1) is 11.8 Å². The van der Waals surface area contributed by atoms with Crippen LogP contribution in [0.3, 0.4) is 0 Å². The average molecular weight is 186 g/mol. The molecule has 0 spiro atoms. The fraction of sp³-hybridized carbons (Fsp3) is 0.778. The van der Waals surface area contributed by atoms with Crippen molar-refractivity contribution < 1.29 is 9.59 Å². The molecule has 0 radical (unpaired) electrons. The first kappa shape index (κ1) is 9.78. The SMILES string of the molecule is CC1CC(C(=O)C(C)C)C(=O)S1. The highest BCUT2D eigenvalue weighted by molar-refractivity contribution is 8.14. The predicted molar refractivity (Wildman–Crippen MR) is 50.0 cm³/mol. The number of Topliss-reactive ketones (excluding diaryl/α,β-unsaturated/α-hetero) is 1.